The number of fused-ring (bicyclic) bond motifs is 1. The fourth-order valence-electron chi connectivity index (χ4n) is 3.18. The van der Waals surface area contributed by atoms with E-state index in [1.54, 1.807) is 6.08 Å². The molecular formula is C19H16ClN5OS. The van der Waals surface area contributed by atoms with Gasteiger partial charge in [0.2, 0.25) is 5.17 Å². The molecule has 4 rings (SSSR count). The molecule has 136 valence electrons. The molecular weight excluding hydrogens is 382 g/mol. The normalized spacial score (nSPS) is 18.1. The summed E-state index contributed by atoms with van der Waals surface area (Å²) in [5.74, 6) is -0.386. The van der Waals surface area contributed by atoms with E-state index < -0.39 is 5.91 Å². The number of benzene rings is 1. The number of halogens is 1. The number of rotatable bonds is 2. The van der Waals surface area contributed by atoms with Crippen molar-refractivity contribution in [3.05, 3.63) is 57.9 Å². The number of carbonyl (C=O) groups excluding carboxylic acids is 1. The third-order valence-electron chi connectivity index (χ3n) is 4.42. The van der Waals surface area contributed by atoms with Gasteiger partial charge in [0.05, 0.1) is 21.3 Å². The topological polar surface area (TPSA) is 73.8 Å². The van der Waals surface area contributed by atoms with Crippen molar-refractivity contribution < 1.29 is 4.79 Å². The molecule has 27 heavy (non-hydrogen) atoms. The minimum Gasteiger partial charge on any atom is -0.316 e. The van der Waals surface area contributed by atoms with Gasteiger partial charge in [0.15, 0.2) is 5.84 Å². The van der Waals surface area contributed by atoms with Gasteiger partial charge in [-0.15, -0.1) is 0 Å². The molecule has 8 heteroatoms. The molecule has 0 fully saturated rings. The molecule has 1 N–H and O–H groups in total. The first-order valence-electron chi connectivity index (χ1n) is 8.27. The van der Waals surface area contributed by atoms with E-state index in [2.05, 4.69) is 10.1 Å². The van der Waals surface area contributed by atoms with Crippen LogP contribution in [0.1, 0.15) is 23.9 Å². The number of nitrogens with zero attached hydrogens (tertiary/aromatic N) is 4. The molecule has 1 amide bonds. The Labute approximate surface area is 165 Å². The molecule has 0 saturated heterocycles. The van der Waals surface area contributed by atoms with Crippen LogP contribution in [0.3, 0.4) is 0 Å². The maximum atomic E-state index is 12.5. The molecule has 1 aromatic carbocycles. The van der Waals surface area contributed by atoms with Gasteiger partial charge in [-0.2, -0.15) is 15.1 Å². The highest BCUT2D eigenvalue weighted by Gasteiger charge is 2.34. The van der Waals surface area contributed by atoms with E-state index in [-0.39, 0.29) is 11.4 Å². The summed E-state index contributed by atoms with van der Waals surface area (Å²) in [6.45, 7) is 5.76. The Morgan fingerprint density at radius 1 is 1.22 bits per heavy atom. The lowest BCUT2D eigenvalue weighted by atomic mass is 10.1. The smallest absolute Gasteiger partial charge is 0.283 e. The Morgan fingerprint density at radius 2 is 1.96 bits per heavy atom. The van der Waals surface area contributed by atoms with Crippen LogP contribution in [-0.2, 0) is 4.79 Å². The number of hydrazone groups is 1. The summed E-state index contributed by atoms with van der Waals surface area (Å²) in [5, 5.41) is 15.9. The molecule has 2 aromatic rings. The van der Waals surface area contributed by atoms with Crippen molar-refractivity contribution >= 4 is 51.4 Å². The van der Waals surface area contributed by atoms with Crippen LogP contribution in [0.5, 0.6) is 0 Å². The lowest BCUT2D eigenvalue weighted by molar-refractivity contribution is -0.114. The molecule has 2 aliphatic heterocycles. The van der Waals surface area contributed by atoms with Crippen LogP contribution in [0.2, 0.25) is 5.02 Å². The van der Waals surface area contributed by atoms with E-state index in [1.807, 2.05) is 55.7 Å². The molecule has 0 spiro atoms. The standard InChI is InChI=1S/C19H16ClN5OS/c1-10-8-13(11(2)24(10)16-7-5-4-6-15(16)20)9-14-17(21)25-19(22-18(14)26)27-12(3)23-25/h4-9,21H,1-3H3. The molecule has 0 radical (unpaired) electrons. The highest BCUT2D eigenvalue weighted by molar-refractivity contribution is 8.26. The van der Waals surface area contributed by atoms with Gasteiger partial charge in [0, 0.05) is 11.4 Å². The van der Waals surface area contributed by atoms with Crippen molar-refractivity contribution in [1.29, 1.82) is 5.41 Å². The second-order valence-electron chi connectivity index (χ2n) is 6.25. The van der Waals surface area contributed by atoms with Crippen LogP contribution in [0.4, 0.5) is 0 Å². The van der Waals surface area contributed by atoms with Gasteiger partial charge in [-0.05, 0) is 62.4 Å². The monoisotopic (exact) mass is 397 g/mol. The van der Waals surface area contributed by atoms with Gasteiger partial charge in [-0.1, -0.05) is 23.7 Å². The zero-order chi connectivity index (χ0) is 19.3. The van der Waals surface area contributed by atoms with Crippen molar-refractivity contribution in [2.24, 2.45) is 10.1 Å². The highest BCUT2D eigenvalue weighted by Crippen LogP contribution is 2.30. The van der Waals surface area contributed by atoms with E-state index in [0.29, 0.717) is 10.2 Å². The van der Waals surface area contributed by atoms with Crippen molar-refractivity contribution in [3.8, 4) is 5.69 Å². The summed E-state index contributed by atoms with van der Waals surface area (Å²) in [5.41, 5.74) is 3.85. The number of aliphatic imine (C=N–C) groups is 1. The van der Waals surface area contributed by atoms with Crippen LogP contribution in [-0.4, -0.2) is 31.5 Å². The van der Waals surface area contributed by atoms with Crippen LogP contribution < -0.4 is 0 Å². The minimum absolute atomic E-state index is 0.0388. The molecule has 0 aliphatic carbocycles. The first-order chi connectivity index (χ1) is 12.9. The summed E-state index contributed by atoms with van der Waals surface area (Å²) in [6, 6.07) is 9.58. The number of amides is 1. The van der Waals surface area contributed by atoms with E-state index >= 15 is 0 Å². The second-order valence-corrected chi connectivity index (χ2v) is 7.82. The maximum Gasteiger partial charge on any atom is 0.283 e. The van der Waals surface area contributed by atoms with Gasteiger partial charge >= 0.3 is 0 Å². The van der Waals surface area contributed by atoms with Crippen molar-refractivity contribution in [1.82, 2.24) is 9.58 Å². The lowest BCUT2D eigenvalue weighted by Gasteiger charge is -2.20. The molecule has 3 heterocycles. The Balaban J connectivity index is 1.80. The van der Waals surface area contributed by atoms with Gasteiger partial charge < -0.3 is 4.57 Å². The van der Waals surface area contributed by atoms with Gasteiger partial charge in [0.25, 0.3) is 5.91 Å². The van der Waals surface area contributed by atoms with Crippen molar-refractivity contribution in [3.63, 3.8) is 0 Å². The quantitative estimate of drug-likeness (QED) is 0.764. The summed E-state index contributed by atoms with van der Waals surface area (Å²) >= 11 is 7.65. The zero-order valence-electron chi connectivity index (χ0n) is 14.9. The Hall–Kier alpha value is -2.64. The number of nitrogens with one attached hydrogen (secondary N) is 1. The first-order valence-corrected chi connectivity index (χ1v) is 9.47. The molecule has 0 saturated carbocycles. The van der Waals surface area contributed by atoms with E-state index in [4.69, 9.17) is 17.0 Å². The summed E-state index contributed by atoms with van der Waals surface area (Å²) in [4.78, 5) is 16.5. The number of aryl methyl sites for hydroxylation is 1. The third kappa shape index (κ3) is 2.93. The number of para-hydroxylation sites is 1. The third-order valence-corrected chi connectivity index (χ3v) is 5.56. The van der Waals surface area contributed by atoms with E-state index in [1.165, 1.54) is 16.8 Å². The van der Waals surface area contributed by atoms with Gasteiger partial charge in [0.1, 0.15) is 0 Å². The molecule has 0 atom stereocenters. The fourth-order valence-corrected chi connectivity index (χ4v) is 4.13. The maximum absolute atomic E-state index is 12.5. The zero-order valence-corrected chi connectivity index (χ0v) is 16.5. The molecule has 2 aliphatic rings. The summed E-state index contributed by atoms with van der Waals surface area (Å²) in [7, 11) is 0. The number of hydrogen-bond acceptors (Lipinski definition) is 4. The van der Waals surface area contributed by atoms with E-state index in [0.717, 1.165) is 27.7 Å². The predicted molar refractivity (Wildman–Crippen MR) is 111 cm³/mol. The first kappa shape index (κ1) is 17.8. The molecule has 1 aromatic heterocycles. The van der Waals surface area contributed by atoms with Crippen LogP contribution in [0, 0.1) is 19.3 Å². The Bertz CT molecular complexity index is 1100. The van der Waals surface area contributed by atoms with Crippen molar-refractivity contribution in [2.45, 2.75) is 20.8 Å². The second kappa shape index (κ2) is 6.51. The minimum atomic E-state index is -0.425. The summed E-state index contributed by atoms with van der Waals surface area (Å²) in [6.07, 6.45) is 1.70. The Morgan fingerprint density at radius 3 is 2.70 bits per heavy atom. The number of hydrogen-bond donors (Lipinski definition) is 1. The average molecular weight is 398 g/mol. The van der Waals surface area contributed by atoms with Crippen LogP contribution in [0.15, 0.2) is 46.0 Å². The number of carbonyl (C=O) groups is 1. The highest BCUT2D eigenvalue weighted by atomic mass is 35.5. The van der Waals surface area contributed by atoms with Gasteiger partial charge in [-0.25, -0.2) is 0 Å². The number of amidine groups is 2. The van der Waals surface area contributed by atoms with Crippen LogP contribution >= 0.6 is 23.4 Å². The van der Waals surface area contributed by atoms with E-state index in [9.17, 15) is 4.79 Å². The van der Waals surface area contributed by atoms with Crippen LogP contribution in [0.25, 0.3) is 11.8 Å². The molecule has 0 bridgehead atoms. The van der Waals surface area contributed by atoms with Gasteiger partial charge in [-0.3, -0.25) is 10.2 Å². The number of thioether (sulfide) groups is 1. The largest absolute Gasteiger partial charge is 0.316 e. The predicted octanol–water partition coefficient (Wildman–Crippen LogP) is 4.39. The number of aromatic nitrogens is 1. The molecule has 6 nitrogen and oxygen atoms in total. The Kier molecular flexibility index (Phi) is 4.28. The molecule has 0 unspecified atom stereocenters. The average Bonchev–Trinajstić information content (AvgIpc) is 3.12. The lowest BCUT2D eigenvalue weighted by Crippen LogP contribution is -2.35. The fraction of sp³-hybridized carbons (Fsp3) is 0.158. The SMILES string of the molecule is CC1=NN2C(=N)C(=Cc3cc(C)n(-c4ccccc4Cl)c3C)C(=O)N=C2S1. The van der Waals surface area contributed by atoms with Crippen molar-refractivity contribution in [2.75, 3.05) is 0 Å². The summed E-state index contributed by atoms with van der Waals surface area (Å²) < 4.78 is 2.04.